The van der Waals surface area contributed by atoms with Crippen LogP contribution in [0.2, 0.25) is 0 Å². The van der Waals surface area contributed by atoms with Crippen LogP contribution in [0.5, 0.6) is 0 Å². The fraction of sp³-hybridized carbons (Fsp3) is 0.472. The van der Waals surface area contributed by atoms with Gasteiger partial charge < -0.3 is 19.1 Å². The van der Waals surface area contributed by atoms with Crippen LogP contribution in [-0.4, -0.2) is 42.2 Å². The smallest absolute Gasteiger partial charge is 0.254 e. The van der Waals surface area contributed by atoms with E-state index in [-0.39, 0.29) is 12.0 Å². The van der Waals surface area contributed by atoms with Crippen molar-refractivity contribution < 1.29 is 19.0 Å². The second kappa shape index (κ2) is 17.7. The minimum Gasteiger partial charge on any atom is -0.369 e. The molecule has 0 radical (unpaired) electrons. The molecule has 1 heterocycles. The highest BCUT2D eigenvalue weighted by Crippen LogP contribution is 2.26. The molecule has 0 bridgehead atoms. The number of benzene rings is 3. The van der Waals surface area contributed by atoms with Crippen molar-refractivity contribution in [3.05, 3.63) is 108 Å². The molecule has 5 nitrogen and oxygen atoms in total. The third kappa shape index (κ3) is 10.4. The minimum atomic E-state index is -0.734. The Morgan fingerprint density at radius 2 is 1.07 bits per heavy atom. The molecule has 1 aliphatic rings. The Hall–Kier alpha value is -2.99. The summed E-state index contributed by atoms with van der Waals surface area (Å²) in [6, 6.07) is 30.3. The first-order chi connectivity index (χ1) is 20.2. The van der Waals surface area contributed by atoms with E-state index >= 15 is 0 Å². The normalized spacial score (nSPS) is 19.0. The van der Waals surface area contributed by atoms with Crippen molar-refractivity contribution in [1.82, 2.24) is 4.90 Å². The minimum absolute atomic E-state index is 0.00139. The molecule has 220 valence electrons. The zero-order chi connectivity index (χ0) is 28.5. The van der Waals surface area contributed by atoms with Crippen LogP contribution in [0.15, 0.2) is 91.0 Å². The average Bonchev–Trinajstić information content (AvgIpc) is 3.02. The average molecular weight is 558 g/mol. The molecule has 0 spiro atoms. The summed E-state index contributed by atoms with van der Waals surface area (Å²) < 4.78 is 19.4. The standard InChI is InChI=1S/C36H47NO4/c1-2-3-4-5-6-7-8-18-25-37-26-33(39-27-30-19-12-9-13-20-30)34(40-28-31-21-14-10-15-22-31)35(36(37)38)41-29-32-23-16-11-17-24-32/h9-17,19-24,33-35H,2-8,18,25-29H2,1H3/t33-,34+,35-/m0/s1. The molecule has 0 unspecified atom stereocenters. The van der Waals surface area contributed by atoms with Crippen LogP contribution in [0.25, 0.3) is 0 Å². The topological polar surface area (TPSA) is 48.0 Å². The van der Waals surface area contributed by atoms with Gasteiger partial charge in [0.1, 0.15) is 12.2 Å². The van der Waals surface area contributed by atoms with Gasteiger partial charge in [-0.15, -0.1) is 0 Å². The lowest BCUT2D eigenvalue weighted by Gasteiger charge is -2.42. The van der Waals surface area contributed by atoms with Crippen molar-refractivity contribution in [2.45, 2.75) is 96.4 Å². The summed E-state index contributed by atoms with van der Waals surface area (Å²) in [5.41, 5.74) is 3.19. The first kappa shape index (κ1) is 31.0. The van der Waals surface area contributed by atoms with Gasteiger partial charge in [-0.3, -0.25) is 4.79 Å². The number of ether oxygens (including phenoxy) is 3. The number of likely N-dealkylation sites (tertiary alicyclic amines) is 1. The third-order valence-electron chi connectivity index (χ3n) is 7.77. The lowest BCUT2D eigenvalue weighted by molar-refractivity contribution is -0.196. The van der Waals surface area contributed by atoms with Crippen LogP contribution < -0.4 is 0 Å². The van der Waals surface area contributed by atoms with Gasteiger partial charge >= 0.3 is 0 Å². The van der Waals surface area contributed by atoms with E-state index < -0.39 is 12.2 Å². The quantitative estimate of drug-likeness (QED) is 0.150. The summed E-state index contributed by atoms with van der Waals surface area (Å²) in [5, 5.41) is 0. The number of nitrogens with zero attached hydrogens (tertiary/aromatic N) is 1. The van der Waals surface area contributed by atoms with Crippen LogP contribution >= 0.6 is 0 Å². The van der Waals surface area contributed by atoms with Gasteiger partial charge in [0.05, 0.1) is 19.8 Å². The number of piperidine rings is 1. The third-order valence-corrected chi connectivity index (χ3v) is 7.77. The van der Waals surface area contributed by atoms with E-state index in [2.05, 4.69) is 19.1 Å². The molecule has 3 aromatic carbocycles. The summed E-state index contributed by atoms with van der Waals surface area (Å²) in [7, 11) is 0. The molecule has 0 aliphatic carbocycles. The second-order valence-electron chi connectivity index (χ2n) is 11.1. The Bertz CT molecular complexity index is 1110. The predicted molar refractivity (Wildman–Crippen MR) is 164 cm³/mol. The molecule has 1 saturated heterocycles. The van der Waals surface area contributed by atoms with E-state index in [1.807, 2.05) is 83.8 Å². The Kier molecular flexibility index (Phi) is 13.4. The number of hydrogen-bond acceptors (Lipinski definition) is 4. The molecule has 4 rings (SSSR count). The van der Waals surface area contributed by atoms with Crippen molar-refractivity contribution in [3.8, 4) is 0 Å². The lowest BCUT2D eigenvalue weighted by atomic mass is 9.99. The van der Waals surface area contributed by atoms with Gasteiger partial charge in [0, 0.05) is 13.1 Å². The van der Waals surface area contributed by atoms with Gasteiger partial charge in [0.15, 0.2) is 6.10 Å². The molecule has 41 heavy (non-hydrogen) atoms. The molecule has 3 aromatic rings. The van der Waals surface area contributed by atoms with Gasteiger partial charge in [-0.2, -0.15) is 0 Å². The van der Waals surface area contributed by atoms with E-state index in [1.54, 1.807) is 0 Å². The molecular formula is C36H47NO4. The highest BCUT2D eigenvalue weighted by Gasteiger charge is 2.45. The van der Waals surface area contributed by atoms with E-state index in [1.165, 1.54) is 38.5 Å². The molecule has 3 atom stereocenters. The second-order valence-corrected chi connectivity index (χ2v) is 11.1. The summed E-state index contributed by atoms with van der Waals surface area (Å²) in [6.45, 7) is 4.68. The molecule has 0 N–H and O–H groups in total. The Morgan fingerprint density at radius 3 is 1.61 bits per heavy atom. The summed E-state index contributed by atoms with van der Waals surface area (Å²) in [4.78, 5) is 15.8. The summed E-state index contributed by atoms with van der Waals surface area (Å²) in [6.07, 6.45) is 8.30. The fourth-order valence-corrected chi connectivity index (χ4v) is 5.38. The summed E-state index contributed by atoms with van der Waals surface area (Å²) >= 11 is 0. The molecule has 5 heteroatoms. The van der Waals surface area contributed by atoms with E-state index in [9.17, 15) is 4.79 Å². The Labute approximate surface area is 246 Å². The number of hydrogen-bond donors (Lipinski definition) is 0. The van der Waals surface area contributed by atoms with E-state index in [0.717, 1.165) is 36.1 Å². The van der Waals surface area contributed by atoms with Gasteiger partial charge in [0.2, 0.25) is 0 Å². The van der Waals surface area contributed by atoms with Crippen molar-refractivity contribution in [1.29, 1.82) is 0 Å². The maximum atomic E-state index is 13.9. The SMILES string of the molecule is CCCCCCCCCCN1C[C@H](OCc2ccccc2)[C@@H](OCc2ccccc2)[C@H](OCc2ccccc2)C1=O. The highest BCUT2D eigenvalue weighted by molar-refractivity contribution is 5.82. The van der Waals surface area contributed by atoms with Crippen LogP contribution in [0.1, 0.15) is 75.0 Å². The number of carbonyl (C=O) groups is 1. The Morgan fingerprint density at radius 1 is 0.610 bits per heavy atom. The predicted octanol–water partition coefficient (Wildman–Crippen LogP) is 7.73. The monoisotopic (exact) mass is 557 g/mol. The number of unbranched alkanes of at least 4 members (excludes halogenated alkanes) is 7. The van der Waals surface area contributed by atoms with Gasteiger partial charge in [-0.1, -0.05) is 143 Å². The Balaban J connectivity index is 1.45. The van der Waals surface area contributed by atoms with Gasteiger partial charge in [-0.05, 0) is 23.1 Å². The highest BCUT2D eigenvalue weighted by atomic mass is 16.6. The van der Waals surface area contributed by atoms with Crippen molar-refractivity contribution >= 4 is 5.91 Å². The molecular weight excluding hydrogens is 510 g/mol. The van der Waals surface area contributed by atoms with Crippen LogP contribution in [0.3, 0.4) is 0 Å². The number of amides is 1. The first-order valence-electron chi connectivity index (χ1n) is 15.5. The first-order valence-corrected chi connectivity index (χ1v) is 15.5. The van der Waals surface area contributed by atoms with Crippen LogP contribution in [0, 0.1) is 0 Å². The van der Waals surface area contributed by atoms with Crippen molar-refractivity contribution in [2.24, 2.45) is 0 Å². The van der Waals surface area contributed by atoms with Crippen LogP contribution in [-0.2, 0) is 38.8 Å². The van der Waals surface area contributed by atoms with Gasteiger partial charge in [-0.25, -0.2) is 0 Å². The fourth-order valence-electron chi connectivity index (χ4n) is 5.38. The molecule has 1 aliphatic heterocycles. The molecule has 1 amide bonds. The lowest BCUT2D eigenvalue weighted by Crippen LogP contribution is -2.61. The van der Waals surface area contributed by atoms with Crippen LogP contribution in [0.4, 0.5) is 0 Å². The molecule has 0 saturated carbocycles. The molecule has 1 fully saturated rings. The maximum absolute atomic E-state index is 13.9. The van der Waals surface area contributed by atoms with Crippen molar-refractivity contribution in [3.63, 3.8) is 0 Å². The summed E-state index contributed by atoms with van der Waals surface area (Å²) in [5.74, 6) is 0.00139. The largest absolute Gasteiger partial charge is 0.369 e. The number of carbonyl (C=O) groups excluding carboxylic acids is 1. The van der Waals surface area contributed by atoms with E-state index in [0.29, 0.717) is 26.4 Å². The van der Waals surface area contributed by atoms with Crippen molar-refractivity contribution in [2.75, 3.05) is 13.1 Å². The maximum Gasteiger partial charge on any atom is 0.254 e. The van der Waals surface area contributed by atoms with E-state index in [4.69, 9.17) is 14.2 Å². The molecule has 0 aromatic heterocycles. The zero-order valence-electron chi connectivity index (χ0n) is 24.7. The zero-order valence-corrected chi connectivity index (χ0v) is 24.7. The number of rotatable bonds is 18. The van der Waals surface area contributed by atoms with Gasteiger partial charge in [0.25, 0.3) is 5.91 Å².